The van der Waals surface area contributed by atoms with Crippen LogP contribution in [0.2, 0.25) is 0 Å². The summed E-state index contributed by atoms with van der Waals surface area (Å²) in [5, 5.41) is 3.74. The number of benzene rings is 1. The maximum Gasteiger partial charge on any atom is 0.262 e. The Hall–Kier alpha value is -2.47. The average Bonchev–Trinajstić information content (AvgIpc) is 3.08. The minimum atomic E-state index is -0.145. The molecule has 2 aromatic heterocycles. The van der Waals surface area contributed by atoms with E-state index in [1.807, 2.05) is 25.1 Å². The highest BCUT2D eigenvalue weighted by Crippen LogP contribution is 2.33. The summed E-state index contributed by atoms with van der Waals surface area (Å²) in [6.07, 6.45) is 7.57. The first-order valence-electron chi connectivity index (χ1n) is 9.95. The molecule has 1 amide bonds. The first kappa shape index (κ1) is 18.9. The van der Waals surface area contributed by atoms with Crippen molar-refractivity contribution in [3.8, 4) is 0 Å². The van der Waals surface area contributed by atoms with Crippen molar-refractivity contribution in [1.82, 2.24) is 14.9 Å². The minimum Gasteiger partial charge on any atom is -0.352 e. The molecular formula is C22H25N3O2S. The standard InChI is InChI=1S/C22H25N3O2S/c1-15(11-12-16-7-3-2-4-8-16)24-19(26)13-25-14-23-21-20(22(25)27)17-9-5-6-10-18(17)28-21/h2-4,7-8,14-15H,5-6,9-13H2,1H3,(H,24,26)/t15-/m0/s1. The van der Waals surface area contributed by atoms with Gasteiger partial charge < -0.3 is 5.32 Å². The Labute approximate surface area is 168 Å². The summed E-state index contributed by atoms with van der Waals surface area (Å²) in [6.45, 7) is 2.02. The maximum absolute atomic E-state index is 12.9. The van der Waals surface area contributed by atoms with Crippen molar-refractivity contribution in [3.63, 3.8) is 0 Å². The summed E-state index contributed by atoms with van der Waals surface area (Å²) in [5.74, 6) is -0.145. The average molecular weight is 396 g/mol. The second-order valence-corrected chi connectivity index (χ2v) is 8.65. The van der Waals surface area contributed by atoms with Crippen LogP contribution in [0, 0.1) is 0 Å². The number of hydrogen-bond donors (Lipinski definition) is 1. The molecule has 1 aromatic carbocycles. The van der Waals surface area contributed by atoms with Gasteiger partial charge in [-0.3, -0.25) is 14.2 Å². The van der Waals surface area contributed by atoms with Gasteiger partial charge in [0.1, 0.15) is 11.4 Å². The molecule has 0 saturated heterocycles. The lowest BCUT2D eigenvalue weighted by Crippen LogP contribution is -2.37. The molecule has 6 heteroatoms. The summed E-state index contributed by atoms with van der Waals surface area (Å²) < 4.78 is 1.45. The van der Waals surface area contributed by atoms with Crippen LogP contribution in [0.1, 0.15) is 42.2 Å². The van der Waals surface area contributed by atoms with Gasteiger partial charge in [0, 0.05) is 10.9 Å². The number of aromatic nitrogens is 2. The summed E-state index contributed by atoms with van der Waals surface area (Å²) in [6, 6.07) is 10.3. The quantitative estimate of drug-likeness (QED) is 0.695. The van der Waals surface area contributed by atoms with Crippen molar-refractivity contribution in [2.75, 3.05) is 0 Å². The molecule has 1 N–H and O–H groups in total. The van der Waals surface area contributed by atoms with Crippen LogP contribution in [0.5, 0.6) is 0 Å². The maximum atomic E-state index is 12.9. The van der Waals surface area contributed by atoms with E-state index in [1.54, 1.807) is 11.3 Å². The summed E-state index contributed by atoms with van der Waals surface area (Å²) in [5.41, 5.74) is 2.34. The fourth-order valence-corrected chi connectivity index (χ4v) is 5.09. The van der Waals surface area contributed by atoms with Gasteiger partial charge in [-0.25, -0.2) is 4.98 Å². The molecular weight excluding hydrogens is 370 g/mol. The van der Waals surface area contributed by atoms with Gasteiger partial charge in [0.05, 0.1) is 11.7 Å². The zero-order valence-corrected chi connectivity index (χ0v) is 16.9. The van der Waals surface area contributed by atoms with E-state index in [0.29, 0.717) is 0 Å². The predicted molar refractivity (Wildman–Crippen MR) is 113 cm³/mol. The van der Waals surface area contributed by atoms with E-state index in [2.05, 4.69) is 22.4 Å². The van der Waals surface area contributed by atoms with Crippen LogP contribution < -0.4 is 10.9 Å². The van der Waals surface area contributed by atoms with Gasteiger partial charge in [-0.1, -0.05) is 30.3 Å². The molecule has 0 aliphatic heterocycles. The van der Waals surface area contributed by atoms with E-state index in [-0.39, 0.29) is 24.1 Å². The first-order chi connectivity index (χ1) is 13.6. The van der Waals surface area contributed by atoms with Crippen LogP contribution in [0.15, 0.2) is 41.5 Å². The molecule has 1 atom stereocenters. The van der Waals surface area contributed by atoms with Crippen molar-refractivity contribution in [3.05, 3.63) is 63.0 Å². The molecule has 0 unspecified atom stereocenters. The third-order valence-corrected chi connectivity index (χ3v) is 6.57. The third-order valence-electron chi connectivity index (χ3n) is 5.37. The number of amides is 1. The smallest absolute Gasteiger partial charge is 0.262 e. The van der Waals surface area contributed by atoms with E-state index < -0.39 is 0 Å². The van der Waals surface area contributed by atoms with Crippen LogP contribution in [0.3, 0.4) is 0 Å². The van der Waals surface area contributed by atoms with E-state index in [1.165, 1.54) is 27.8 Å². The number of fused-ring (bicyclic) bond motifs is 3. The van der Waals surface area contributed by atoms with Gasteiger partial charge in [-0.05, 0) is 56.6 Å². The summed E-state index contributed by atoms with van der Waals surface area (Å²) in [4.78, 5) is 32.0. The second-order valence-electron chi connectivity index (χ2n) is 7.56. The third kappa shape index (κ3) is 4.02. The van der Waals surface area contributed by atoms with Gasteiger partial charge in [-0.15, -0.1) is 11.3 Å². The molecule has 0 bridgehead atoms. The van der Waals surface area contributed by atoms with Crippen molar-refractivity contribution in [2.24, 2.45) is 0 Å². The Bertz CT molecular complexity index is 1040. The lowest BCUT2D eigenvalue weighted by molar-refractivity contribution is -0.122. The first-order valence-corrected chi connectivity index (χ1v) is 10.8. The van der Waals surface area contributed by atoms with E-state index in [0.717, 1.165) is 47.9 Å². The number of rotatable bonds is 6. The van der Waals surface area contributed by atoms with Crippen molar-refractivity contribution < 1.29 is 4.79 Å². The van der Waals surface area contributed by atoms with E-state index in [9.17, 15) is 9.59 Å². The largest absolute Gasteiger partial charge is 0.352 e. The summed E-state index contributed by atoms with van der Waals surface area (Å²) in [7, 11) is 0. The Balaban J connectivity index is 1.42. The van der Waals surface area contributed by atoms with Crippen molar-refractivity contribution in [1.29, 1.82) is 0 Å². The predicted octanol–water partition coefficient (Wildman–Crippen LogP) is 3.47. The Morgan fingerprint density at radius 3 is 2.86 bits per heavy atom. The molecule has 0 radical (unpaired) electrons. The fourth-order valence-electron chi connectivity index (χ4n) is 3.87. The van der Waals surface area contributed by atoms with Crippen molar-refractivity contribution >= 4 is 27.5 Å². The van der Waals surface area contributed by atoms with E-state index >= 15 is 0 Å². The van der Waals surface area contributed by atoms with Crippen LogP contribution in [0.4, 0.5) is 0 Å². The highest BCUT2D eigenvalue weighted by Gasteiger charge is 2.20. The topological polar surface area (TPSA) is 64.0 Å². The minimum absolute atomic E-state index is 0.0159. The molecule has 2 heterocycles. The molecule has 0 fully saturated rings. The van der Waals surface area contributed by atoms with Crippen LogP contribution >= 0.6 is 11.3 Å². The van der Waals surface area contributed by atoms with Gasteiger partial charge in [-0.2, -0.15) is 0 Å². The van der Waals surface area contributed by atoms with E-state index in [4.69, 9.17) is 0 Å². The molecule has 28 heavy (non-hydrogen) atoms. The number of aryl methyl sites for hydroxylation is 3. The fraction of sp³-hybridized carbons (Fsp3) is 0.409. The second kappa shape index (κ2) is 8.27. The number of nitrogens with one attached hydrogen (secondary N) is 1. The van der Waals surface area contributed by atoms with Crippen LogP contribution in [-0.4, -0.2) is 21.5 Å². The zero-order valence-electron chi connectivity index (χ0n) is 16.1. The molecule has 1 aliphatic carbocycles. The Morgan fingerprint density at radius 1 is 1.25 bits per heavy atom. The SMILES string of the molecule is C[C@@H](CCc1ccccc1)NC(=O)Cn1cnc2sc3c(c2c1=O)CCCC3. The molecule has 5 nitrogen and oxygen atoms in total. The summed E-state index contributed by atoms with van der Waals surface area (Å²) >= 11 is 1.63. The number of thiophene rings is 1. The Morgan fingerprint density at radius 2 is 2.04 bits per heavy atom. The molecule has 1 aliphatic rings. The monoisotopic (exact) mass is 395 g/mol. The normalized spacial score (nSPS) is 14.6. The molecule has 146 valence electrons. The van der Waals surface area contributed by atoms with Crippen LogP contribution in [-0.2, 0) is 30.6 Å². The molecule has 0 spiro atoms. The van der Waals surface area contributed by atoms with Gasteiger partial charge in [0.2, 0.25) is 5.91 Å². The van der Waals surface area contributed by atoms with Gasteiger partial charge in [0.15, 0.2) is 0 Å². The molecule has 4 rings (SSSR count). The molecule has 3 aromatic rings. The zero-order chi connectivity index (χ0) is 19.5. The highest BCUT2D eigenvalue weighted by atomic mass is 32.1. The number of carbonyl (C=O) groups excluding carboxylic acids is 1. The lowest BCUT2D eigenvalue weighted by atomic mass is 9.97. The van der Waals surface area contributed by atoms with Crippen LogP contribution in [0.25, 0.3) is 10.2 Å². The molecule has 0 saturated carbocycles. The van der Waals surface area contributed by atoms with Gasteiger partial charge >= 0.3 is 0 Å². The lowest BCUT2D eigenvalue weighted by Gasteiger charge is -2.15. The Kier molecular flexibility index (Phi) is 5.57. The van der Waals surface area contributed by atoms with Gasteiger partial charge in [0.25, 0.3) is 5.56 Å². The van der Waals surface area contributed by atoms with Crippen molar-refractivity contribution in [2.45, 2.75) is 58.0 Å². The number of hydrogen-bond acceptors (Lipinski definition) is 4. The number of nitrogens with zero attached hydrogens (tertiary/aromatic N) is 2. The highest BCUT2D eigenvalue weighted by molar-refractivity contribution is 7.18. The number of carbonyl (C=O) groups is 1.